The third-order valence-corrected chi connectivity index (χ3v) is 4.03. The number of nitrogens with two attached hydrogens (primary N) is 1. The van der Waals surface area contributed by atoms with E-state index >= 15 is 0 Å². The second-order valence-corrected chi connectivity index (χ2v) is 5.32. The predicted octanol–water partition coefficient (Wildman–Crippen LogP) is 1.40. The lowest BCUT2D eigenvalue weighted by molar-refractivity contribution is -0.0167. The molecule has 3 rings (SSSR count). The number of amides is 1. The minimum Gasteiger partial charge on any atom is -0.373 e. The molecule has 110 valence electrons. The highest BCUT2D eigenvalue weighted by molar-refractivity contribution is 5.94. The topological polar surface area (TPSA) is 55.6 Å². The molecule has 2 N–H and O–H groups in total. The van der Waals surface area contributed by atoms with Crippen LogP contribution < -0.4 is 5.73 Å². The van der Waals surface area contributed by atoms with Crippen LogP contribution in [0.4, 0.5) is 0 Å². The second kappa shape index (κ2) is 6.57. The first kappa shape index (κ1) is 15.3. The maximum absolute atomic E-state index is 12.5. The van der Waals surface area contributed by atoms with Crippen molar-refractivity contribution in [3.8, 4) is 0 Å². The Morgan fingerprint density at radius 2 is 2.15 bits per heavy atom. The quantitative estimate of drug-likeness (QED) is 0.897. The first-order valence-corrected chi connectivity index (χ1v) is 7.00. The summed E-state index contributed by atoms with van der Waals surface area (Å²) >= 11 is 0. The first-order valence-electron chi connectivity index (χ1n) is 7.00. The van der Waals surface area contributed by atoms with Crippen LogP contribution in [0.3, 0.4) is 0 Å². The molecule has 1 aromatic carbocycles. The number of ether oxygens (including phenoxy) is 1. The zero-order valence-electron chi connectivity index (χ0n) is 11.5. The van der Waals surface area contributed by atoms with Crippen molar-refractivity contribution in [2.45, 2.75) is 25.4 Å². The molecular weight excluding hydrogens is 276 g/mol. The lowest BCUT2D eigenvalue weighted by Crippen LogP contribution is -2.48. The number of nitrogens with zero attached hydrogens (tertiary/aromatic N) is 1. The number of hydrogen-bond acceptors (Lipinski definition) is 3. The van der Waals surface area contributed by atoms with Gasteiger partial charge in [0, 0.05) is 25.2 Å². The molecule has 1 aromatic rings. The monoisotopic (exact) mass is 296 g/mol. The minimum absolute atomic E-state index is 0. The molecule has 0 radical (unpaired) electrons. The van der Waals surface area contributed by atoms with E-state index < -0.39 is 0 Å². The summed E-state index contributed by atoms with van der Waals surface area (Å²) in [5.41, 5.74) is 9.16. The van der Waals surface area contributed by atoms with Gasteiger partial charge in [-0.2, -0.15) is 0 Å². The van der Waals surface area contributed by atoms with Gasteiger partial charge >= 0.3 is 0 Å². The summed E-state index contributed by atoms with van der Waals surface area (Å²) in [5, 5.41) is 0. The zero-order chi connectivity index (χ0) is 13.2. The summed E-state index contributed by atoms with van der Waals surface area (Å²) in [7, 11) is 0. The van der Waals surface area contributed by atoms with E-state index in [1.54, 1.807) is 0 Å². The van der Waals surface area contributed by atoms with E-state index in [2.05, 4.69) is 12.1 Å². The number of rotatable bonds is 2. The molecule has 1 aliphatic carbocycles. The van der Waals surface area contributed by atoms with E-state index in [9.17, 15) is 4.79 Å². The van der Waals surface area contributed by atoms with Gasteiger partial charge in [0.15, 0.2) is 0 Å². The molecule has 2 aliphatic rings. The van der Waals surface area contributed by atoms with Crippen LogP contribution in [0.2, 0.25) is 0 Å². The molecule has 1 fully saturated rings. The Balaban J connectivity index is 0.00000147. The van der Waals surface area contributed by atoms with Crippen molar-refractivity contribution in [1.29, 1.82) is 0 Å². The zero-order valence-corrected chi connectivity index (χ0v) is 12.3. The van der Waals surface area contributed by atoms with Crippen LogP contribution in [0.25, 0.3) is 0 Å². The highest BCUT2D eigenvalue weighted by Gasteiger charge is 2.24. The van der Waals surface area contributed by atoms with Crippen molar-refractivity contribution in [3.63, 3.8) is 0 Å². The third-order valence-electron chi connectivity index (χ3n) is 4.03. The molecule has 0 spiro atoms. The van der Waals surface area contributed by atoms with Crippen LogP contribution in [0.15, 0.2) is 18.2 Å². The summed E-state index contributed by atoms with van der Waals surface area (Å²) in [6.07, 6.45) is 3.44. The van der Waals surface area contributed by atoms with Crippen molar-refractivity contribution in [3.05, 3.63) is 34.9 Å². The molecule has 0 aromatic heterocycles. The van der Waals surface area contributed by atoms with Crippen molar-refractivity contribution in [2.75, 3.05) is 26.2 Å². The molecule has 1 saturated heterocycles. The van der Waals surface area contributed by atoms with E-state index in [4.69, 9.17) is 10.5 Å². The molecule has 0 saturated carbocycles. The third kappa shape index (κ3) is 2.97. The average Bonchev–Trinajstić information content (AvgIpc) is 2.94. The number of fused-ring (bicyclic) bond motifs is 1. The van der Waals surface area contributed by atoms with Crippen LogP contribution in [0.1, 0.15) is 27.9 Å². The SMILES string of the molecule is Cl.NCC1CN(C(=O)c2ccc3c(c2)CCC3)CCO1. The van der Waals surface area contributed by atoms with Gasteiger partial charge in [-0.1, -0.05) is 6.07 Å². The van der Waals surface area contributed by atoms with Crippen LogP contribution in [-0.4, -0.2) is 43.2 Å². The summed E-state index contributed by atoms with van der Waals surface area (Å²) in [5.74, 6) is 0.108. The van der Waals surface area contributed by atoms with E-state index in [-0.39, 0.29) is 24.4 Å². The normalized spacial score (nSPS) is 21.2. The number of hydrogen-bond donors (Lipinski definition) is 1. The highest BCUT2D eigenvalue weighted by atomic mass is 35.5. The lowest BCUT2D eigenvalue weighted by Gasteiger charge is -2.32. The lowest BCUT2D eigenvalue weighted by atomic mass is 10.1. The van der Waals surface area contributed by atoms with Crippen LogP contribution >= 0.6 is 12.4 Å². The minimum atomic E-state index is -0.0212. The number of halogens is 1. The molecular formula is C15H21ClN2O2. The summed E-state index contributed by atoms with van der Waals surface area (Å²) in [6.45, 7) is 2.31. The van der Waals surface area contributed by atoms with Gasteiger partial charge < -0.3 is 15.4 Å². The fourth-order valence-electron chi connectivity index (χ4n) is 2.93. The van der Waals surface area contributed by atoms with Gasteiger partial charge in [-0.15, -0.1) is 12.4 Å². The van der Waals surface area contributed by atoms with Crippen LogP contribution in [0, 0.1) is 0 Å². The number of carbonyl (C=O) groups excluding carboxylic acids is 1. The molecule has 4 nitrogen and oxygen atoms in total. The number of carbonyl (C=O) groups is 1. The van der Waals surface area contributed by atoms with Gasteiger partial charge in [0.05, 0.1) is 12.7 Å². The van der Waals surface area contributed by atoms with Gasteiger partial charge in [-0.05, 0) is 42.5 Å². The van der Waals surface area contributed by atoms with Crippen molar-refractivity contribution < 1.29 is 9.53 Å². The van der Waals surface area contributed by atoms with E-state index in [0.717, 1.165) is 18.4 Å². The number of benzene rings is 1. The summed E-state index contributed by atoms with van der Waals surface area (Å²) in [6, 6.07) is 6.13. The molecule has 5 heteroatoms. The van der Waals surface area contributed by atoms with Gasteiger partial charge in [0.25, 0.3) is 5.91 Å². The second-order valence-electron chi connectivity index (χ2n) is 5.32. The molecule has 20 heavy (non-hydrogen) atoms. The Bertz CT molecular complexity index is 493. The average molecular weight is 297 g/mol. The highest BCUT2D eigenvalue weighted by Crippen LogP contribution is 2.23. The Hall–Kier alpha value is -1.10. The number of morpholine rings is 1. The Morgan fingerprint density at radius 3 is 2.95 bits per heavy atom. The van der Waals surface area contributed by atoms with Crippen molar-refractivity contribution >= 4 is 18.3 Å². The van der Waals surface area contributed by atoms with Gasteiger partial charge in [0.1, 0.15) is 0 Å². The molecule has 1 aliphatic heterocycles. The first-order chi connectivity index (χ1) is 9.28. The fraction of sp³-hybridized carbons (Fsp3) is 0.533. The van der Waals surface area contributed by atoms with Crippen molar-refractivity contribution in [2.24, 2.45) is 5.73 Å². The summed E-state index contributed by atoms with van der Waals surface area (Å²) < 4.78 is 5.50. The van der Waals surface area contributed by atoms with E-state index in [1.165, 1.54) is 17.5 Å². The van der Waals surface area contributed by atoms with Gasteiger partial charge in [-0.3, -0.25) is 4.79 Å². The smallest absolute Gasteiger partial charge is 0.254 e. The molecule has 1 amide bonds. The number of aryl methyl sites for hydroxylation is 2. The largest absolute Gasteiger partial charge is 0.373 e. The van der Waals surface area contributed by atoms with E-state index in [0.29, 0.717) is 26.2 Å². The Kier molecular flexibility index (Phi) is 5.02. The molecule has 1 heterocycles. The Morgan fingerprint density at radius 1 is 1.35 bits per heavy atom. The molecule has 1 unspecified atom stereocenters. The van der Waals surface area contributed by atoms with E-state index in [1.807, 2.05) is 11.0 Å². The van der Waals surface area contributed by atoms with Gasteiger partial charge in [-0.25, -0.2) is 0 Å². The standard InChI is InChI=1S/C15H20N2O2.ClH/c16-9-14-10-17(6-7-19-14)15(18)13-5-4-11-2-1-3-12(11)8-13;/h4-5,8,14H,1-3,6-7,9-10,16H2;1H. The van der Waals surface area contributed by atoms with Gasteiger partial charge in [0.2, 0.25) is 0 Å². The maximum Gasteiger partial charge on any atom is 0.254 e. The van der Waals surface area contributed by atoms with Crippen LogP contribution in [0.5, 0.6) is 0 Å². The molecule has 1 atom stereocenters. The van der Waals surface area contributed by atoms with Crippen molar-refractivity contribution in [1.82, 2.24) is 4.90 Å². The summed E-state index contributed by atoms with van der Waals surface area (Å²) in [4.78, 5) is 14.3. The molecule has 0 bridgehead atoms. The maximum atomic E-state index is 12.5. The predicted molar refractivity (Wildman–Crippen MR) is 80.4 cm³/mol. The Labute approximate surface area is 125 Å². The van der Waals surface area contributed by atoms with Crippen LogP contribution in [-0.2, 0) is 17.6 Å². The fourth-order valence-corrected chi connectivity index (χ4v) is 2.93.